The van der Waals surface area contributed by atoms with Gasteiger partial charge in [-0.25, -0.2) is 4.39 Å². The first-order valence-corrected chi connectivity index (χ1v) is 9.98. The summed E-state index contributed by atoms with van der Waals surface area (Å²) in [5.74, 6) is -0.194. The zero-order valence-electron chi connectivity index (χ0n) is 16.2. The van der Waals surface area contributed by atoms with Gasteiger partial charge in [0, 0.05) is 5.39 Å². The molecule has 1 N–H and O–H groups in total. The first-order chi connectivity index (χ1) is 13.6. The van der Waals surface area contributed by atoms with Crippen molar-refractivity contribution in [2.75, 3.05) is 5.32 Å². The zero-order valence-corrected chi connectivity index (χ0v) is 16.2. The number of hydrogen-bond donors (Lipinski definition) is 1. The summed E-state index contributed by atoms with van der Waals surface area (Å²) in [5, 5.41) is 4.22. The quantitative estimate of drug-likeness (QED) is 0.624. The third-order valence-corrected chi connectivity index (χ3v) is 6.04. The minimum Gasteiger partial charge on any atom is -0.324 e. The van der Waals surface area contributed by atoms with Crippen LogP contribution in [0.1, 0.15) is 43.2 Å². The van der Waals surface area contributed by atoms with Gasteiger partial charge < -0.3 is 5.32 Å². The van der Waals surface area contributed by atoms with Crippen LogP contribution in [0.25, 0.3) is 10.9 Å². The van der Waals surface area contributed by atoms with E-state index >= 15 is 0 Å². The fraction of sp³-hybridized carbons (Fsp3) is 0.333. The standard InChI is InChI=1S/C24H25FN2O/c1-17-20-7-3-4-8-21(20)26-16-22(17)27-23(28)24(13-5-2-6-14-24)15-18-9-11-19(25)12-10-18/h3-4,7-12,16H,2,5-6,13-15H2,1H3,(H,27,28). The fourth-order valence-corrected chi connectivity index (χ4v) is 4.37. The van der Waals surface area contributed by atoms with Crippen molar-refractivity contribution in [1.29, 1.82) is 0 Å². The molecule has 1 saturated carbocycles. The Morgan fingerprint density at radius 3 is 2.54 bits per heavy atom. The second-order valence-corrected chi connectivity index (χ2v) is 7.91. The maximum absolute atomic E-state index is 13.4. The summed E-state index contributed by atoms with van der Waals surface area (Å²) >= 11 is 0. The smallest absolute Gasteiger partial charge is 0.230 e. The normalized spacial score (nSPS) is 16.1. The maximum Gasteiger partial charge on any atom is 0.230 e. The Balaban J connectivity index is 1.62. The number of nitrogens with zero attached hydrogens (tertiary/aromatic N) is 1. The van der Waals surface area contributed by atoms with Crippen molar-refractivity contribution in [3.63, 3.8) is 0 Å². The Hall–Kier alpha value is -2.75. The summed E-state index contributed by atoms with van der Waals surface area (Å²) in [4.78, 5) is 17.9. The molecule has 144 valence electrons. The van der Waals surface area contributed by atoms with Crippen molar-refractivity contribution in [3.05, 3.63) is 71.7 Å². The molecule has 0 atom stereocenters. The van der Waals surface area contributed by atoms with E-state index in [0.717, 1.165) is 59.8 Å². The lowest BCUT2D eigenvalue weighted by atomic mass is 9.69. The molecule has 0 bridgehead atoms. The van der Waals surface area contributed by atoms with Crippen molar-refractivity contribution in [2.24, 2.45) is 5.41 Å². The molecule has 4 heteroatoms. The molecule has 1 amide bonds. The number of hydrogen-bond acceptors (Lipinski definition) is 2. The van der Waals surface area contributed by atoms with Gasteiger partial charge in [-0.2, -0.15) is 0 Å². The average Bonchev–Trinajstić information content (AvgIpc) is 2.72. The van der Waals surface area contributed by atoms with Crippen LogP contribution in [-0.2, 0) is 11.2 Å². The first-order valence-electron chi connectivity index (χ1n) is 9.98. The average molecular weight is 376 g/mol. The first kappa shape index (κ1) is 18.6. The lowest BCUT2D eigenvalue weighted by molar-refractivity contribution is -0.127. The molecule has 0 unspecified atom stereocenters. The van der Waals surface area contributed by atoms with Crippen molar-refractivity contribution >= 4 is 22.5 Å². The number of pyridine rings is 1. The van der Waals surface area contributed by atoms with Crippen LogP contribution >= 0.6 is 0 Å². The predicted molar refractivity (Wildman–Crippen MR) is 111 cm³/mol. The van der Waals surface area contributed by atoms with Crippen LogP contribution in [0.5, 0.6) is 0 Å². The molecule has 4 rings (SSSR count). The molecule has 3 nitrogen and oxygen atoms in total. The monoisotopic (exact) mass is 376 g/mol. The van der Waals surface area contributed by atoms with Crippen LogP contribution in [0.4, 0.5) is 10.1 Å². The summed E-state index contributed by atoms with van der Waals surface area (Å²) in [6.45, 7) is 2.02. The van der Waals surface area contributed by atoms with Gasteiger partial charge in [0.25, 0.3) is 0 Å². The van der Waals surface area contributed by atoms with Crippen molar-refractivity contribution in [1.82, 2.24) is 4.98 Å². The summed E-state index contributed by atoms with van der Waals surface area (Å²) in [6.07, 6.45) is 7.36. The lowest BCUT2D eigenvalue weighted by Crippen LogP contribution is -2.40. The highest BCUT2D eigenvalue weighted by Crippen LogP contribution is 2.40. The number of rotatable bonds is 4. The molecular weight excluding hydrogens is 351 g/mol. The Bertz CT molecular complexity index is 991. The topological polar surface area (TPSA) is 42.0 Å². The molecular formula is C24H25FN2O. The van der Waals surface area contributed by atoms with Gasteiger partial charge in [-0.15, -0.1) is 0 Å². The lowest BCUT2D eigenvalue weighted by Gasteiger charge is -2.36. The van der Waals surface area contributed by atoms with Crippen LogP contribution in [0.3, 0.4) is 0 Å². The van der Waals surface area contributed by atoms with E-state index in [0.29, 0.717) is 6.42 Å². The third-order valence-electron chi connectivity index (χ3n) is 6.04. The highest BCUT2D eigenvalue weighted by atomic mass is 19.1. The summed E-state index contributed by atoms with van der Waals surface area (Å²) in [6, 6.07) is 14.5. The molecule has 28 heavy (non-hydrogen) atoms. The number of anilines is 1. The van der Waals surface area contributed by atoms with E-state index in [4.69, 9.17) is 0 Å². The predicted octanol–water partition coefficient (Wildman–Crippen LogP) is 5.81. The number of para-hydroxylation sites is 1. The molecule has 0 radical (unpaired) electrons. The second-order valence-electron chi connectivity index (χ2n) is 7.91. The van der Waals surface area contributed by atoms with Crippen LogP contribution in [0, 0.1) is 18.2 Å². The number of aromatic nitrogens is 1. The molecule has 1 heterocycles. The van der Waals surface area contributed by atoms with Crippen molar-refractivity contribution < 1.29 is 9.18 Å². The summed E-state index contributed by atoms with van der Waals surface area (Å²) in [7, 11) is 0. The third kappa shape index (κ3) is 3.64. The molecule has 0 spiro atoms. The van der Waals surface area contributed by atoms with Gasteiger partial charge in [0.1, 0.15) is 5.82 Å². The zero-order chi connectivity index (χ0) is 19.6. The van der Waals surface area contributed by atoms with Gasteiger partial charge in [-0.1, -0.05) is 49.6 Å². The van der Waals surface area contributed by atoms with Crippen LogP contribution in [0.15, 0.2) is 54.7 Å². The van der Waals surface area contributed by atoms with Crippen LogP contribution < -0.4 is 5.32 Å². The van der Waals surface area contributed by atoms with E-state index in [1.165, 1.54) is 12.1 Å². The van der Waals surface area contributed by atoms with Gasteiger partial charge in [-0.05, 0) is 55.5 Å². The number of fused-ring (bicyclic) bond motifs is 1. The Labute approximate surface area is 165 Å². The van der Waals surface area contributed by atoms with Gasteiger partial charge in [-0.3, -0.25) is 9.78 Å². The molecule has 1 aromatic heterocycles. The van der Waals surface area contributed by atoms with E-state index in [2.05, 4.69) is 10.3 Å². The Morgan fingerprint density at radius 1 is 1.07 bits per heavy atom. The number of nitrogens with one attached hydrogen (secondary N) is 1. The molecule has 1 aliphatic rings. The van der Waals surface area contributed by atoms with Gasteiger partial charge >= 0.3 is 0 Å². The Kier molecular flexibility index (Phi) is 5.12. The van der Waals surface area contributed by atoms with Gasteiger partial charge in [0.2, 0.25) is 5.91 Å². The van der Waals surface area contributed by atoms with Crippen molar-refractivity contribution in [2.45, 2.75) is 45.4 Å². The van der Waals surface area contributed by atoms with Gasteiger partial charge in [0.15, 0.2) is 0 Å². The molecule has 1 fully saturated rings. The van der Waals surface area contributed by atoms with E-state index in [1.54, 1.807) is 18.3 Å². The number of benzene rings is 2. The second kappa shape index (κ2) is 7.70. The van der Waals surface area contributed by atoms with E-state index < -0.39 is 5.41 Å². The van der Waals surface area contributed by atoms with Crippen molar-refractivity contribution in [3.8, 4) is 0 Å². The minimum absolute atomic E-state index is 0.0525. The van der Waals surface area contributed by atoms with Crippen LogP contribution in [0.2, 0.25) is 0 Å². The van der Waals surface area contributed by atoms with Gasteiger partial charge in [0.05, 0.1) is 22.8 Å². The summed E-state index contributed by atoms with van der Waals surface area (Å²) in [5.41, 5.74) is 3.29. The largest absolute Gasteiger partial charge is 0.324 e. The fourth-order valence-electron chi connectivity index (χ4n) is 4.37. The number of carbonyl (C=O) groups is 1. The molecule has 0 aliphatic heterocycles. The highest BCUT2D eigenvalue weighted by Gasteiger charge is 2.39. The number of halogens is 1. The van der Waals surface area contributed by atoms with E-state index in [9.17, 15) is 9.18 Å². The minimum atomic E-state index is -0.450. The SMILES string of the molecule is Cc1c(NC(=O)C2(Cc3ccc(F)cc3)CCCCC2)cnc2ccccc12. The Morgan fingerprint density at radius 2 is 1.79 bits per heavy atom. The van der Waals surface area contributed by atoms with E-state index in [1.807, 2.05) is 31.2 Å². The molecule has 2 aromatic carbocycles. The number of carbonyl (C=O) groups excluding carboxylic acids is 1. The number of aryl methyl sites for hydroxylation is 1. The maximum atomic E-state index is 13.4. The summed E-state index contributed by atoms with van der Waals surface area (Å²) < 4.78 is 13.3. The van der Waals surface area contributed by atoms with E-state index in [-0.39, 0.29) is 11.7 Å². The molecule has 1 aliphatic carbocycles. The number of amides is 1. The molecule has 0 saturated heterocycles. The highest BCUT2D eigenvalue weighted by molar-refractivity contribution is 5.98. The molecule has 3 aromatic rings. The van der Waals surface area contributed by atoms with Crippen LogP contribution in [-0.4, -0.2) is 10.9 Å².